The lowest BCUT2D eigenvalue weighted by molar-refractivity contribution is 0.0732. The van der Waals surface area contributed by atoms with Gasteiger partial charge in [-0.25, -0.2) is 4.79 Å². The number of rotatable bonds is 2. The summed E-state index contributed by atoms with van der Waals surface area (Å²) in [5, 5.41) is 0. The van der Waals surface area contributed by atoms with Crippen LogP contribution in [0, 0.1) is 17.3 Å². The average Bonchev–Trinajstić information content (AvgIpc) is 3.10. The zero-order valence-corrected chi connectivity index (χ0v) is 15.9. The number of aryl methyl sites for hydroxylation is 1. The predicted octanol–water partition coefficient (Wildman–Crippen LogP) is 5.93. The molecule has 1 saturated carbocycles. The van der Waals surface area contributed by atoms with Crippen molar-refractivity contribution in [3.8, 4) is 5.75 Å². The fourth-order valence-corrected chi connectivity index (χ4v) is 5.84. The van der Waals surface area contributed by atoms with Crippen molar-refractivity contribution in [2.45, 2.75) is 44.9 Å². The second-order valence-corrected chi connectivity index (χ2v) is 8.71. The number of ether oxygens (including phenoxy) is 1. The summed E-state index contributed by atoms with van der Waals surface area (Å²) >= 11 is 0. The summed E-state index contributed by atoms with van der Waals surface area (Å²) < 4.78 is 5.64. The summed E-state index contributed by atoms with van der Waals surface area (Å²) in [6, 6.07) is 15.5. The molecule has 0 bridgehead atoms. The lowest BCUT2D eigenvalue weighted by atomic mass is 9.56. The van der Waals surface area contributed by atoms with E-state index in [1.54, 1.807) is 12.1 Å². The number of esters is 1. The van der Waals surface area contributed by atoms with Crippen molar-refractivity contribution in [2.75, 3.05) is 0 Å². The molecule has 2 aromatic carbocycles. The van der Waals surface area contributed by atoms with E-state index in [1.165, 1.54) is 36.8 Å². The molecular formula is C25H26O2. The third-order valence-electron chi connectivity index (χ3n) is 7.24. The first kappa shape index (κ1) is 16.8. The molecule has 2 aromatic rings. The topological polar surface area (TPSA) is 26.3 Å². The number of benzene rings is 2. The van der Waals surface area contributed by atoms with Gasteiger partial charge in [0.2, 0.25) is 0 Å². The lowest BCUT2D eigenvalue weighted by Gasteiger charge is -2.49. The minimum absolute atomic E-state index is 0.283. The third-order valence-corrected chi connectivity index (χ3v) is 7.24. The molecule has 5 rings (SSSR count). The number of carbonyl (C=O) groups is 1. The maximum Gasteiger partial charge on any atom is 0.343 e. The van der Waals surface area contributed by atoms with Crippen LogP contribution in [0.15, 0.2) is 60.7 Å². The number of fused-ring (bicyclic) bond motifs is 5. The molecule has 4 atom stereocenters. The molecule has 1 fully saturated rings. The lowest BCUT2D eigenvalue weighted by Crippen LogP contribution is -2.39. The molecular weight excluding hydrogens is 332 g/mol. The van der Waals surface area contributed by atoms with Crippen molar-refractivity contribution in [3.63, 3.8) is 0 Å². The van der Waals surface area contributed by atoms with Gasteiger partial charge in [-0.2, -0.15) is 0 Å². The Kier molecular flexibility index (Phi) is 3.96. The minimum Gasteiger partial charge on any atom is -0.423 e. The number of hydrogen-bond donors (Lipinski definition) is 0. The van der Waals surface area contributed by atoms with Gasteiger partial charge >= 0.3 is 5.97 Å². The van der Waals surface area contributed by atoms with E-state index in [9.17, 15) is 4.79 Å². The number of carbonyl (C=O) groups excluding carboxylic acids is 1. The van der Waals surface area contributed by atoms with Crippen LogP contribution in [-0.4, -0.2) is 5.97 Å². The van der Waals surface area contributed by atoms with Crippen molar-refractivity contribution in [3.05, 3.63) is 77.4 Å². The van der Waals surface area contributed by atoms with Crippen LogP contribution in [0.4, 0.5) is 0 Å². The van der Waals surface area contributed by atoms with E-state index in [-0.39, 0.29) is 5.97 Å². The van der Waals surface area contributed by atoms with Gasteiger partial charge in [-0.05, 0) is 90.7 Å². The highest BCUT2D eigenvalue weighted by atomic mass is 16.5. The van der Waals surface area contributed by atoms with E-state index in [2.05, 4.69) is 31.2 Å². The molecule has 0 spiro atoms. The second-order valence-electron chi connectivity index (χ2n) is 8.71. The van der Waals surface area contributed by atoms with Gasteiger partial charge in [0.15, 0.2) is 0 Å². The maximum atomic E-state index is 12.3. The van der Waals surface area contributed by atoms with Crippen molar-refractivity contribution in [1.82, 2.24) is 0 Å². The largest absolute Gasteiger partial charge is 0.423 e. The molecule has 2 nitrogen and oxygen atoms in total. The second kappa shape index (κ2) is 6.37. The average molecular weight is 358 g/mol. The highest BCUT2D eigenvalue weighted by molar-refractivity contribution is 5.91. The zero-order valence-electron chi connectivity index (χ0n) is 15.9. The van der Waals surface area contributed by atoms with E-state index < -0.39 is 0 Å². The number of hydrogen-bond acceptors (Lipinski definition) is 2. The monoisotopic (exact) mass is 358 g/mol. The highest BCUT2D eigenvalue weighted by Gasteiger charge is 2.48. The van der Waals surface area contributed by atoms with Crippen LogP contribution in [0.25, 0.3) is 0 Å². The molecule has 0 heterocycles. The molecule has 27 heavy (non-hydrogen) atoms. The molecule has 0 aromatic heterocycles. The Hall–Kier alpha value is -2.35. The molecule has 2 heteroatoms. The third kappa shape index (κ3) is 2.82. The first-order valence-electron chi connectivity index (χ1n) is 10.2. The quantitative estimate of drug-likeness (QED) is 0.378. The van der Waals surface area contributed by atoms with Crippen LogP contribution < -0.4 is 4.74 Å². The Bertz CT molecular complexity index is 898. The van der Waals surface area contributed by atoms with Gasteiger partial charge in [-0.1, -0.05) is 43.3 Å². The molecule has 3 aliphatic carbocycles. The van der Waals surface area contributed by atoms with Crippen molar-refractivity contribution >= 4 is 5.97 Å². The summed E-state index contributed by atoms with van der Waals surface area (Å²) in [5.41, 5.74) is 3.89. The highest BCUT2D eigenvalue weighted by Crippen LogP contribution is 2.58. The molecule has 4 unspecified atom stereocenters. The Morgan fingerprint density at radius 2 is 1.96 bits per heavy atom. The van der Waals surface area contributed by atoms with Crippen molar-refractivity contribution in [1.29, 1.82) is 0 Å². The van der Waals surface area contributed by atoms with Gasteiger partial charge in [0.1, 0.15) is 5.75 Å². The smallest absolute Gasteiger partial charge is 0.343 e. The standard InChI is InChI=1S/C25H26O2/c1-25-14-5-8-23(25)22-11-9-18-16-19(10-12-20(18)21(22)13-15-25)27-24(26)17-6-3-2-4-7-17/h2-7,10,12,14,16,21-23H,8-9,11,13,15H2,1H3. The molecule has 0 aliphatic heterocycles. The van der Waals surface area contributed by atoms with Gasteiger partial charge in [0.05, 0.1) is 5.56 Å². The molecule has 138 valence electrons. The SMILES string of the molecule is CC12C=CCC1C1CCc3cc(OC(=O)c4ccccc4)ccc3C1CC2. The maximum absolute atomic E-state index is 12.3. The molecule has 3 aliphatic rings. The van der Waals surface area contributed by atoms with Crippen LogP contribution in [-0.2, 0) is 6.42 Å². The van der Waals surface area contributed by atoms with E-state index >= 15 is 0 Å². The van der Waals surface area contributed by atoms with Gasteiger partial charge in [0.25, 0.3) is 0 Å². The first-order chi connectivity index (χ1) is 13.1. The van der Waals surface area contributed by atoms with Gasteiger partial charge < -0.3 is 4.74 Å². The van der Waals surface area contributed by atoms with Gasteiger partial charge in [-0.15, -0.1) is 0 Å². The number of allylic oxidation sites excluding steroid dienone is 2. The summed E-state index contributed by atoms with van der Waals surface area (Å²) in [5.74, 6) is 2.66. The Morgan fingerprint density at radius 1 is 1.11 bits per heavy atom. The van der Waals surface area contributed by atoms with Gasteiger partial charge in [-0.3, -0.25) is 0 Å². The van der Waals surface area contributed by atoms with Crippen molar-refractivity contribution < 1.29 is 9.53 Å². The van der Waals surface area contributed by atoms with Crippen molar-refractivity contribution in [2.24, 2.45) is 17.3 Å². The van der Waals surface area contributed by atoms with E-state index in [0.717, 1.165) is 18.3 Å². The Morgan fingerprint density at radius 3 is 2.81 bits per heavy atom. The van der Waals surface area contributed by atoms with Crippen LogP contribution in [0.3, 0.4) is 0 Å². The summed E-state index contributed by atoms with van der Waals surface area (Å²) in [4.78, 5) is 12.3. The minimum atomic E-state index is -0.283. The van der Waals surface area contributed by atoms with Gasteiger partial charge in [0, 0.05) is 0 Å². The van der Waals surface area contributed by atoms with Crippen LogP contribution in [0.5, 0.6) is 5.75 Å². The molecule has 0 N–H and O–H groups in total. The fourth-order valence-electron chi connectivity index (χ4n) is 5.84. The van der Waals surface area contributed by atoms with Crippen LogP contribution in [0.1, 0.15) is 60.0 Å². The molecule has 0 saturated heterocycles. The predicted molar refractivity (Wildman–Crippen MR) is 107 cm³/mol. The molecule has 0 amide bonds. The molecule has 0 radical (unpaired) electrons. The van der Waals surface area contributed by atoms with E-state index in [4.69, 9.17) is 4.74 Å². The van der Waals surface area contributed by atoms with Crippen LogP contribution in [0.2, 0.25) is 0 Å². The summed E-state index contributed by atoms with van der Waals surface area (Å²) in [6.07, 6.45) is 11.1. The van der Waals surface area contributed by atoms with E-state index in [1.807, 2.05) is 24.3 Å². The fraction of sp³-hybridized carbons (Fsp3) is 0.400. The first-order valence-corrected chi connectivity index (χ1v) is 10.2. The Balaban J connectivity index is 1.37. The van der Waals surface area contributed by atoms with Crippen LogP contribution >= 0.6 is 0 Å². The summed E-state index contributed by atoms with van der Waals surface area (Å²) in [7, 11) is 0. The zero-order chi connectivity index (χ0) is 18.4. The normalized spacial score (nSPS) is 30.9. The summed E-state index contributed by atoms with van der Waals surface area (Å²) in [6.45, 7) is 2.46. The van der Waals surface area contributed by atoms with E-state index in [0.29, 0.717) is 22.6 Å². The Labute approximate surface area is 161 Å².